The second-order valence-corrected chi connectivity index (χ2v) is 6.88. The number of hydrogen-bond acceptors (Lipinski definition) is 4. The Bertz CT molecular complexity index is 697. The number of ether oxygens (including phenoxy) is 1. The second kappa shape index (κ2) is 8.93. The number of rotatable bonds is 5. The molecule has 0 radical (unpaired) electrons. The molecule has 1 aromatic carbocycles. The number of carbonyl (C=O) groups is 2. The highest BCUT2D eigenvalue weighted by atomic mass is 35.5. The molecular weight excluding hydrogens is 385 g/mol. The average Bonchev–Trinajstić information content (AvgIpc) is 2.62. The molecule has 27 heavy (non-hydrogen) atoms. The van der Waals surface area contributed by atoms with Gasteiger partial charge < -0.3 is 10.1 Å². The molecule has 5 nitrogen and oxygen atoms in total. The van der Waals surface area contributed by atoms with Crippen LogP contribution in [0.25, 0.3) is 0 Å². The zero-order valence-corrected chi connectivity index (χ0v) is 15.9. The maximum atomic E-state index is 13.2. The summed E-state index contributed by atoms with van der Waals surface area (Å²) in [6.07, 6.45) is -3.27. The number of benzene rings is 1. The number of piperidine rings is 1. The van der Waals surface area contributed by atoms with Crippen molar-refractivity contribution in [2.24, 2.45) is 5.92 Å². The van der Waals surface area contributed by atoms with Gasteiger partial charge in [-0.1, -0.05) is 11.6 Å². The molecule has 0 bridgehead atoms. The van der Waals surface area contributed by atoms with Gasteiger partial charge in [-0.05, 0) is 51.4 Å². The SMILES string of the molecule is CCOC(=O)C1CCCN(C(C)C(=O)Nc2ccc(Cl)cc2C(F)(F)F)C1. The zero-order chi connectivity index (χ0) is 20.2. The summed E-state index contributed by atoms with van der Waals surface area (Å²) in [4.78, 5) is 26.2. The fourth-order valence-electron chi connectivity index (χ4n) is 3.07. The monoisotopic (exact) mass is 406 g/mol. The highest BCUT2D eigenvalue weighted by Crippen LogP contribution is 2.36. The molecule has 1 aliphatic heterocycles. The van der Waals surface area contributed by atoms with Gasteiger partial charge in [-0.3, -0.25) is 14.5 Å². The molecule has 1 saturated heterocycles. The molecular formula is C18H22ClF3N2O3. The van der Waals surface area contributed by atoms with Gasteiger partial charge in [0.25, 0.3) is 0 Å². The van der Waals surface area contributed by atoms with Crippen LogP contribution in [0.3, 0.4) is 0 Å². The smallest absolute Gasteiger partial charge is 0.418 e. The molecule has 0 saturated carbocycles. The molecule has 1 amide bonds. The average molecular weight is 407 g/mol. The van der Waals surface area contributed by atoms with E-state index in [9.17, 15) is 22.8 Å². The van der Waals surface area contributed by atoms with Crippen LogP contribution in [0.2, 0.25) is 5.02 Å². The van der Waals surface area contributed by atoms with Crippen LogP contribution in [0.4, 0.5) is 18.9 Å². The van der Waals surface area contributed by atoms with Crippen molar-refractivity contribution in [2.45, 2.75) is 38.9 Å². The van der Waals surface area contributed by atoms with Gasteiger partial charge in [0.05, 0.1) is 29.8 Å². The molecule has 1 N–H and O–H groups in total. The van der Waals surface area contributed by atoms with Crippen LogP contribution in [0, 0.1) is 5.92 Å². The lowest BCUT2D eigenvalue weighted by atomic mass is 9.97. The summed E-state index contributed by atoms with van der Waals surface area (Å²) in [5.74, 6) is -1.23. The van der Waals surface area contributed by atoms with Gasteiger partial charge in [-0.2, -0.15) is 13.2 Å². The lowest BCUT2D eigenvalue weighted by molar-refractivity contribution is -0.150. The third-order valence-electron chi connectivity index (χ3n) is 4.54. The first-order chi connectivity index (χ1) is 12.6. The molecule has 1 aromatic rings. The van der Waals surface area contributed by atoms with Crippen molar-refractivity contribution in [3.8, 4) is 0 Å². The lowest BCUT2D eigenvalue weighted by Gasteiger charge is -2.35. The maximum Gasteiger partial charge on any atom is 0.418 e. The Kier molecular flexibility index (Phi) is 7.11. The standard InChI is InChI=1S/C18H22ClF3N2O3/c1-3-27-17(26)12-5-4-8-24(10-12)11(2)16(25)23-15-7-6-13(19)9-14(15)18(20,21)22/h6-7,9,11-12H,3-5,8,10H2,1-2H3,(H,23,25). The van der Waals surface area contributed by atoms with E-state index in [1.807, 2.05) is 0 Å². The van der Waals surface area contributed by atoms with E-state index in [1.54, 1.807) is 18.7 Å². The molecule has 2 atom stereocenters. The van der Waals surface area contributed by atoms with E-state index < -0.39 is 23.7 Å². The Hall–Kier alpha value is -1.80. The summed E-state index contributed by atoms with van der Waals surface area (Å²) >= 11 is 5.65. The van der Waals surface area contributed by atoms with Crippen molar-refractivity contribution < 1.29 is 27.5 Å². The third-order valence-corrected chi connectivity index (χ3v) is 4.78. The van der Waals surface area contributed by atoms with Crippen molar-refractivity contribution >= 4 is 29.2 Å². The Labute approximate surface area is 160 Å². The van der Waals surface area contributed by atoms with E-state index in [-0.39, 0.29) is 29.2 Å². The molecule has 0 aliphatic carbocycles. The van der Waals surface area contributed by atoms with Gasteiger partial charge in [0.2, 0.25) is 5.91 Å². The number of amides is 1. The number of hydrogen-bond donors (Lipinski definition) is 1. The quantitative estimate of drug-likeness (QED) is 0.752. The normalized spacial score (nSPS) is 19.4. The molecule has 2 unspecified atom stereocenters. The molecule has 1 heterocycles. The van der Waals surface area contributed by atoms with E-state index in [4.69, 9.17) is 16.3 Å². The second-order valence-electron chi connectivity index (χ2n) is 6.44. The van der Waals surface area contributed by atoms with Crippen molar-refractivity contribution in [2.75, 3.05) is 25.0 Å². The van der Waals surface area contributed by atoms with Crippen LogP contribution < -0.4 is 5.32 Å². The Morgan fingerprint density at radius 2 is 2.11 bits per heavy atom. The number of anilines is 1. The largest absolute Gasteiger partial charge is 0.466 e. The number of esters is 1. The van der Waals surface area contributed by atoms with Crippen LogP contribution in [0.15, 0.2) is 18.2 Å². The zero-order valence-electron chi connectivity index (χ0n) is 15.1. The van der Waals surface area contributed by atoms with E-state index >= 15 is 0 Å². The van der Waals surface area contributed by atoms with Crippen molar-refractivity contribution in [1.29, 1.82) is 0 Å². The minimum Gasteiger partial charge on any atom is -0.466 e. The number of nitrogens with one attached hydrogen (secondary N) is 1. The van der Waals surface area contributed by atoms with Crippen molar-refractivity contribution in [3.05, 3.63) is 28.8 Å². The van der Waals surface area contributed by atoms with Crippen LogP contribution in [0.1, 0.15) is 32.3 Å². The number of halogens is 4. The molecule has 1 fully saturated rings. The maximum absolute atomic E-state index is 13.2. The fraction of sp³-hybridized carbons (Fsp3) is 0.556. The van der Waals surface area contributed by atoms with Crippen LogP contribution in [-0.2, 0) is 20.5 Å². The minimum atomic E-state index is -4.64. The highest BCUT2D eigenvalue weighted by Gasteiger charge is 2.36. The van der Waals surface area contributed by atoms with Gasteiger partial charge in [-0.25, -0.2) is 0 Å². The third kappa shape index (κ3) is 5.59. The van der Waals surface area contributed by atoms with Gasteiger partial charge in [0.15, 0.2) is 0 Å². The molecule has 150 valence electrons. The van der Waals surface area contributed by atoms with Crippen molar-refractivity contribution in [1.82, 2.24) is 4.90 Å². The Morgan fingerprint density at radius 1 is 1.41 bits per heavy atom. The summed E-state index contributed by atoms with van der Waals surface area (Å²) < 4.78 is 44.6. The fourth-order valence-corrected chi connectivity index (χ4v) is 3.25. The predicted octanol–water partition coefficient (Wildman–Crippen LogP) is 3.96. The van der Waals surface area contributed by atoms with E-state index in [0.29, 0.717) is 25.9 Å². The molecule has 9 heteroatoms. The Morgan fingerprint density at radius 3 is 2.74 bits per heavy atom. The molecule has 0 aromatic heterocycles. The van der Waals surface area contributed by atoms with Gasteiger partial charge in [0, 0.05) is 11.6 Å². The van der Waals surface area contributed by atoms with Gasteiger partial charge in [-0.15, -0.1) is 0 Å². The van der Waals surface area contributed by atoms with Gasteiger partial charge in [0.1, 0.15) is 0 Å². The molecule has 1 aliphatic rings. The first-order valence-electron chi connectivity index (χ1n) is 8.71. The number of alkyl halides is 3. The van der Waals surface area contributed by atoms with Crippen LogP contribution >= 0.6 is 11.6 Å². The number of nitrogens with zero attached hydrogens (tertiary/aromatic N) is 1. The number of likely N-dealkylation sites (tertiary alicyclic amines) is 1. The van der Waals surface area contributed by atoms with E-state index in [0.717, 1.165) is 12.1 Å². The topological polar surface area (TPSA) is 58.6 Å². The molecule has 0 spiro atoms. The number of carbonyl (C=O) groups excluding carboxylic acids is 2. The summed E-state index contributed by atoms with van der Waals surface area (Å²) in [7, 11) is 0. The summed E-state index contributed by atoms with van der Waals surface area (Å²) in [5.41, 5.74) is -1.35. The van der Waals surface area contributed by atoms with Gasteiger partial charge >= 0.3 is 12.1 Å². The van der Waals surface area contributed by atoms with Crippen molar-refractivity contribution in [3.63, 3.8) is 0 Å². The predicted molar refractivity (Wildman–Crippen MR) is 95.5 cm³/mol. The minimum absolute atomic E-state index is 0.0679. The van der Waals surface area contributed by atoms with E-state index in [1.165, 1.54) is 6.07 Å². The highest BCUT2D eigenvalue weighted by molar-refractivity contribution is 6.30. The lowest BCUT2D eigenvalue weighted by Crippen LogP contribution is -2.48. The summed E-state index contributed by atoms with van der Waals surface area (Å²) in [5, 5.41) is 2.27. The Balaban J connectivity index is 2.09. The first kappa shape index (κ1) is 21.5. The summed E-state index contributed by atoms with van der Waals surface area (Å²) in [6, 6.07) is 2.50. The van der Waals surface area contributed by atoms with Crippen LogP contribution in [0.5, 0.6) is 0 Å². The van der Waals surface area contributed by atoms with Crippen LogP contribution in [-0.4, -0.2) is 42.5 Å². The molecule has 2 rings (SSSR count). The van der Waals surface area contributed by atoms with E-state index in [2.05, 4.69) is 5.32 Å². The first-order valence-corrected chi connectivity index (χ1v) is 9.09. The summed E-state index contributed by atoms with van der Waals surface area (Å²) in [6.45, 7) is 4.52.